The van der Waals surface area contributed by atoms with E-state index in [9.17, 15) is 4.79 Å². The highest BCUT2D eigenvalue weighted by atomic mass is 35.5. The van der Waals surface area contributed by atoms with E-state index in [1.54, 1.807) is 30.9 Å². The van der Waals surface area contributed by atoms with E-state index >= 15 is 0 Å². The summed E-state index contributed by atoms with van der Waals surface area (Å²) >= 11 is 6.75. The third-order valence-electron chi connectivity index (χ3n) is 5.55. The van der Waals surface area contributed by atoms with Crippen molar-refractivity contribution in [2.24, 2.45) is 0 Å². The summed E-state index contributed by atoms with van der Waals surface area (Å²) in [5.74, 6) is -0.468. The number of nitrogens with one attached hydrogen (secondary N) is 1. The van der Waals surface area contributed by atoms with E-state index < -0.39 is 12.2 Å². The van der Waals surface area contributed by atoms with Crippen molar-refractivity contribution < 1.29 is 14.4 Å². The van der Waals surface area contributed by atoms with Crippen molar-refractivity contribution in [2.75, 3.05) is 6.61 Å². The second-order valence-electron chi connectivity index (χ2n) is 7.70. The van der Waals surface area contributed by atoms with Crippen LogP contribution >= 0.6 is 11.6 Å². The number of nitrogens with zero attached hydrogens (tertiary/aromatic N) is 3. The van der Waals surface area contributed by atoms with E-state index in [1.165, 1.54) is 0 Å². The fourth-order valence-electron chi connectivity index (χ4n) is 3.84. The lowest BCUT2D eigenvalue weighted by Crippen LogP contribution is -2.33. The molecule has 4 aromatic rings. The predicted octanol–water partition coefficient (Wildman–Crippen LogP) is 5.20. The molecule has 1 aliphatic rings. The van der Waals surface area contributed by atoms with E-state index in [1.807, 2.05) is 36.4 Å². The van der Waals surface area contributed by atoms with Crippen LogP contribution in [-0.4, -0.2) is 33.8 Å². The molecule has 1 fully saturated rings. The van der Waals surface area contributed by atoms with Gasteiger partial charge in [0, 0.05) is 48.8 Å². The number of ether oxygens (including phenoxy) is 1. The molecule has 1 amide bonds. The number of rotatable bonds is 5. The molecule has 1 atom stereocenters. The lowest BCUT2D eigenvalue weighted by molar-refractivity contribution is -0.186. The van der Waals surface area contributed by atoms with Gasteiger partial charge < -0.3 is 4.74 Å². The highest BCUT2D eigenvalue weighted by molar-refractivity contribution is 6.37. The van der Waals surface area contributed by atoms with Gasteiger partial charge in [-0.3, -0.25) is 14.8 Å². The lowest BCUT2D eigenvalue weighted by atomic mass is 10.0. The summed E-state index contributed by atoms with van der Waals surface area (Å²) in [6.45, 7) is 0.614. The molecule has 0 bridgehead atoms. The first-order chi connectivity index (χ1) is 16.2. The molecule has 4 heterocycles. The molecule has 1 aromatic carbocycles. The highest BCUT2D eigenvalue weighted by Gasteiger charge is 2.23. The van der Waals surface area contributed by atoms with Crippen LogP contribution in [0.15, 0.2) is 67.3 Å². The second kappa shape index (κ2) is 9.62. The van der Waals surface area contributed by atoms with Gasteiger partial charge in [0.25, 0.3) is 5.91 Å². The zero-order chi connectivity index (χ0) is 22.6. The summed E-state index contributed by atoms with van der Waals surface area (Å²) in [7, 11) is 0. The van der Waals surface area contributed by atoms with Crippen LogP contribution in [0.2, 0.25) is 5.02 Å². The van der Waals surface area contributed by atoms with Crippen molar-refractivity contribution in [3.05, 3.63) is 77.8 Å². The molecule has 1 unspecified atom stereocenters. The van der Waals surface area contributed by atoms with Gasteiger partial charge in [-0.15, -0.1) is 0 Å². The number of amides is 1. The van der Waals surface area contributed by atoms with E-state index in [0.29, 0.717) is 23.2 Å². The van der Waals surface area contributed by atoms with Crippen LogP contribution in [0.3, 0.4) is 0 Å². The molecule has 0 radical (unpaired) electrons. The number of hydrogen-bond acceptors (Lipinski definition) is 6. The summed E-state index contributed by atoms with van der Waals surface area (Å²) < 4.78 is 5.52. The SMILES string of the molecule is O=C(NOC1CCCCO1)c1c(Cl)c(-c2ccc(-c3ccncc3)cc2)nc2ccncc12. The van der Waals surface area contributed by atoms with Crippen LogP contribution in [0.25, 0.3) is 33.3 Å². The quantitative estimate of drug-likeness (QED) is 0.412. The van der Waals surface area contributed by atoms with Crippen LogP contribution in [0.4, 0.5) is 0 Å². The van der Waals surface area contributed by atoms with Gasteiger partial charge in [0.05, 0.1) is 21.8 Å². The molecule has 0 aliphatic carbocycles. The molecule has 8 heteroatoms. The van der Waals surface area contributed by atoms with Crippen molar-refractivity contribution in [3.63, 3.8) is 0 Å². The third kappa shape index (κ3) is 4.57. The van der Waals surface area contributed by atoms with Crippen LogP contribution in [-0.2, 0) is 9.57 Å². The Hall–Kier alpha value is -3.39. The fraction of sp³-hybridized carbons (Fsp3) is 0.200. The number of hydroxylamine groups is 1. The molecule has 3 aromatic heterocycles. The van der Waals surface area contributed by atoms with Gasteiger partial charge in [-0.25, -0.2) is 15.3 Å². The number of benzene rings is 1. The monoisotopic (exact) mass is 460 g/mol. The summed E-state index contributed by atoms with van der Waals surface area (Å²) in [5, 5.41) is 0.781. The summed E-state index contributed by atoms with van der Waals surface area (Å²) in [6.07, 6.45) is 8.96. The zero-order valence-corrected chi connectivity index (χ0v) is 18.5. The Bertz CT molecular complexity index is 1280. The Morgan fingerprint density at radius 1 is 0.970 bits per heavy atom. The van der Waals surface area contributed by atoms with Gasteiger partial charge in [0.2, 0.25) is 0 Å². The zero-order valence-electron chi connectivity index (χ0n) is 17.7. The average molecular weight is 461 g/mol. The number of aromatic nitrogens is 3. The summed E-state index contributed by atoms with van der Waals surface area (Å²) in [4.78, 5) is 31.5. The van der Waals surface area contributed by atoms with Crippen molar-refractivity contribution in [1.29, 1.82) is 0 Å². The Morgan fingerprint density at radius 3 is 2.45 bits per heavy atom. The van der Waals surface area contributed by atoms with E-state index in [-0.39, 0.29) is 10.6 Å². The first kappa shape index (κ1) is 21.5. The topological polar surface area (TPSA) is 86.2 Å². The van der Waals surface area contributed by atoms with E-state index in [2.05, 4.69) is 15.4 Å². The smallest absolute Gasteiger partial charge is 0.277 e. The van der Waals surface area contributed by atoms with Crippen LogP contribution in [0.5, 0.6) is 0 Å². The fourth-order valence-corrected chi connectivity index (χ4v) is 4.17. The standard InChI is InChI=1S/C25H21ClN4O3/c26-23-22(25(31)30-33-21-3-1-2-14-32-21)19-15-28-13-10-20(19)29-24(23)18-6-4-16(5-7-18)17-8-11-27-12-9-17/h4-13,15,21H,1-3,14H2,(H,30,31). The number of fused-ring (bicyclic) bond motifs is 1. The maximum Gasteiger partial charge on any atom is 0.277 e. The Labute approximate surface area is 195 Å². The van der Waals surface area contributed by atoms with E-state index in [4.69, 9.17) is 26.2 Å². The molecule has 166 valence electrons. The van der Waals surface area contributed by atoms with Crippen molar-refractivity contribution in [3.8, 4) is 22.4 Å². The van der Waals surface area contributed by atoms with Crippen molar-refractivity contribution in [1.82, 2.24) is 20.4 Å². The van der Waals surface area contributed by atoms with Crippen molar-refractivity contribution in [2.45, 2.75) is 25.6 Å². The number of pyridine rings is 3. The summed E-state index contributed by atoms with van der Waals surface area (Å²) in [6, 6.07) is 13.5. The largest absolute Gasteiger partial charge is 0.350 e. The van der Waals surface area contributed by atoms with Gasteiger partial charge >= 0.3 is 0 Å². The van der Waals surface area contributed by atoms with Crippen LogP contribution in [0, 0.1) is 0 Å². The van der Waals surface area contributed by atoms with Crippen LogP contribution < -0.4 is 5.48 Å². The molecule has 7 nitrogen and oxygen atoms in total. The lowest BCUT2D eigenvalue weighted by Gasteiger charge is -2.22. The van der Waals surface area contributed by atoms with Crippen LogP contribution in [0.1, 0.15) is 29.6 Å². The maximum absolute atomic E-state index is 13.1. The first-order valence-electron chi connectivity index (χ1n) is 10.7. The number of halogens is 1. The van der Waals surface area contributed by atoms with Gasteiger partial charge in [0.1, 0.15) is 0 Å². The number of carbonyl (C=O) groups excluding carboxylic acids is 1. The molecule has 0 spiro atoms. The number of carbonyl (C=O) groups is 1. The normalized spacial score (nSPS) is 16.0. The van der Waals surface area contributed by atoms with Crippen molar-refractivity contribution >= 4 is 28.4 Å². The molecule has 33 heavy (non-hydrogen) atoms. The second-order valence-corrected chi connectivity index (χ2v) is 8.08. The molecule has 1 saturated heterocycles. The average Bonchev–Trinajstić information content (AvgIpc) is 2.88. The minimum Gasteiger partial charge on any atom is -0.350 e. The molecular formula is C25H21ClN4O3. The Morgan fingerprint density at radius 2 is 1.70 bits per heavy atom. The predicted molar refractivity (Wildman–Crippen MR) is 125 cm³/mol. The minimum atomic E-state index is -0.468. The molecule has 0 saturated carbocycles. The first-order valence-corrected chi connectivity index (χ1v) is 11.1. The molecular weight excluding hydrogens is 440 g/mol. The molecule has 1 aliphatic heterocycles. The number of hydrogen-bond donors (Lipinski definition) is 1. The Kier molecular flexibility index (Phi) is 6.26. The van der Waals surface area contributed by atoms with Gasteiger partial charge in [-0.1, -0.05) is 35.9 Å². The summed E-state index contributed by atoms with van der Waals surface area (Å²) in [5.41, 5.74) is 6.78. The van der Waals surface area contributed by atoms with Gasteiger partial charge in [0.15, 0.2) is 6.29 Å². The molecule has 1 N–H and O–H groups in total. The van der Waals surface area contributed by atoms with E-state index in [0.717, 1.165) is 36.0 Å². The van der Waals surface area contributed by atoms with Gasteiger partial charge in [-0.2, -0.15) is 0 Å². The molecule has 5 rings (SSSR count). The highest BCUT2D eigenvalue weighted by Crippen LogP contribution is 2.34. The maximum atomic E-state index is 13.1. The third-order valence-corrected chi connectivity index (χ3v) is 5.92. The minimum absolute atomic E-state index is 0.234. The Balaban J connectivity index is 1.49. The van der Waals surface area contributed by atoms with Gasteiger partial charge in [-0.05, 0) is 42.2 Å².